The van der Waals surface area contributed by atoms with Crippen LogP contribution in [0.4, 0.5) is 0 Å². The van der Waals surface area contributed by atoms with Gasteiger partial charge in [0, 0.05) is 21.7 Å². The van der Waals surface area contributed by atoms with Crippen molar-refractivity contribution in [1.82, 2.24) is 0 Å². The molecule has 0 atom stereocenters. The molecule has 0 aromatic heterocycles. The van der Waals surface area contributed by atoms with Crippen LogP contribution in [0.15, 0.2) is 72.9 Å². The minimum atomic E-state index is 0. The van der Waals surface area contributed by atoms with E-state index in [9.17, 15) is 0 Å². The summed E-state index contributed by atoms with van der Waals surface area (Å²) < 4.78 is 0. The Morgan fingerprint density at radius 3 is 0.647 bits per heavy atom. The van der Waals surface area contributed by atoms with Gasteiger partial charge in [-0.2, -0.15) is 0 Å². The Bertz CT molecular complexity index is 238. The van der Waals surface area contributed by atoms with Gasteiger partial charge in [0.25, 0.3) is 0 Å². The van der Waals surface area contributed by atoms with Crippen LogP contribution in [0, 0.1) is 0 Å². The van der Waals surface area contributed by atoms with Crippen molar-refractivity contribution < 1.29 is 21.7 Å². The largest absolute Gasteiger partial charge is 0.147 e. The zero-order valence-corrected chi connectivity index (χ0v) is 12.3. The van der Waals surface area contributed by atoms with E-state index in [0.717, 1.165) is 19.3 Å². The van der Waals surface area contributed by atoms with Gasteiger partial charge in [0.05, 0.1) is 0 Å². The maximum atomic E-state index is 2.12. The second-order valence-corrected chi connectivity index (χ2v) is 3.28. The monoisotopic (exact) mass is 282 g/mol. The van der Waals surface area contributed by atoms with Crippen molar-refractivity contribution >= 4 is 12.4 Å². The first-order chi connectivity index (χ1) is 7.50. The summed E-state index contributed by atoms with van der Waals surface area (Å²) in [5, 5.41) is 0. The Morgan fingerprint density at radius 1 is 0.412 bits per heavy atom. The average molecular weight is 283 g/mol. The fraction of sp³-hybridized carbons (Fsp3) is 0.200. The number of rotatable bonds is 0. The second-order valence-electron chi connectivity index (χ2n) is 3.28. The first kappa shape index (κ1) is 18.8. The van der Waals surface area contributed by atoms with Crippen LogP contribution in [0.2, 0.25) is 0 Å². The molecule has 3 aliphatic rings. The van der Waals surface area contributed by atoms with Crippen LogP contribution in [-0.2, 0) is 21.7 Å². The molecule has 0 radical (unpaired) electrons. The standard InChI is InChI=1S/3C5H6.ClH.Ti/c3*1-2-4-5-3-1;;/h3*1-4H,5H2;1H;. The van der Waals surface area contributed by atoms with Crippen LogP contribution >= 0.6 is 12.4 Å². The third-order valence-corrected chi connectivity index (χ3v) is 1.97. The fourth-order valence-electron chi connectivity index (χ4n) is 1.18. The quantitative estimate of drug-likeness (QED) is 0.553. The van der Waals surface area contributed by atoms with Gasteiger partial charge in [-0.3, -0.25) is 0 Å². The molecule has 0 saturated carbocycles. The Kier molecular flexibility index (Phi) is 17.1. The molecule has 0 spiro atoms. The van der Waals surface area contributed by atoms with Gasteiger partial charge in [0.15, 0.2) is 0 Å². The molecule has 0 saturated heterocycles. The minimum absolute atomic E-state index is 0. The predicted octanol–water partition coefficient (Wildman–Crippen LogP) is 4.93. The molecular weight excluding hydrogens is 263 g/mol. The molecule has 0 N–H and O–H groups in total. The van der Waals surface area contributed by atoms with Crippen LogP contribution in [0.1, 0.15) is 19.3 Å². The molecule has 0 heterocycles. The third-order valence-electron chi connectivity index (χ3n) is 1.97. The molecule has 0 aromatic carbocycles. The molecule has 90 valence electrons. The van der Waals surface area contributed by atoms with Crippen molar-refractivity contribution in [3.63, 3.8) is 0 Å². The van der Waals surface area contributed by atoms with E-state index in [1.165, 1.54) is 0 Å². The van der Waals surface area contributed by atoms with Crippen LogP contribution in [0.25, 0.3) is 0 Å². The Balaban J connectivity index is 0. The van der Waals surface area contributed by atoms with E-state index in [1.807, 2.05) is 0 Å². The van der Waals surface area contributed by atoms with E-state index < -0.39 is 0 Å². The number of halogens is 1. The van der Waals surface area contributed by atoms with Gasteiger partial charge < -0.3 is 0 Å². The molecular formula is C15H19ClTi. The van der Waals surface area contributed by atoms with Crippen LogP contribution < -0.4 is 0 Å². The molecule has 3 aliphatic carbocycles. The summed E-state index contributed by atoms with van der Waals surface area (Å²) >= 11 is 0. The Hall–Kier alpha value is -0.556. The zero-order chi connectivity index (χ0) is 10.6. The smallest absolute Gasteiger partial charge is 0 e. The summed E-state index contributed by atoms with van der Waals surface area (Å²) in [5.41, 5.74) is 0. The Labute approximate surface area is 126 Å². The average Bonchev–Trinajstić information content (AvgIpc) is 3.09. The molecule has 0 bridgehead atoms. The third kappa shape index (κ3) is 13.4. The molecule has 17 heavy (non-hydrogen) atoms. The summed E-state index contributed by atoms with van der Waals surface area (Å²) in [7, 11) is 0. The van der Waals surface area contributed by atoms with Gasteiger partial charge in [0.1, 0.15) is 0 Å². The summed E-state index contributed by atoms with van der Waals surface area (Å²) in [6, 6.07) is 0. The number of hydrogen-bond donors (Lipinski definition) is 0. The molecule has 3 rings (SSSR count). The van der Waals surface area contributed by atoms with Gasteiger partial charge in [-0.1, -0.05) is 72.9 Å². The molecule has 0 aromatic rings. The molecule has 0 aliphatic heterocycles. The van der Waals surface area contributed by atoms with Gasteiger partial charge >= 0.3 is 0 Å². The van der Waals surface area contributed by atoms with Crippen molar-refractivity contribution in [3.05, 3.63) is 72.9 Å². The zero-order valence-electron chi connectivity index (χ0n) is 9.96. The van der Waals surface area contributed by atoms with Crippen molar-refractivity contribution in [2.75, 3.05) is 0 Å². The van der Waals surface area contributed by atoms with Gasteiger partial charge in [-0.15, -0.1) is 12.4 Å². The SMILES string of the molecule is C1=CCC=C1.C1=CCC=C1.C1=CCC=C1.Cl.[Ti]. The summed E-state index contributed by atoms with van der Waals surface area (Å²) in [5.74, 6) is 0. The maximum absolute atomic E-state index is 2.12. The fourth-order valence-corrected chi connectivity index (χ4v) is 1.18. The first-order valence-corrected chi connectivity index (χ1v) is 5.45. The van der Waals surface area contributed by atoms with Crippen molar-refractivity contribution in [1.29, 1.82) is 0 Å². The van der Waals surface area contributed by atoms with E-state index in [0.29, 0.717) is 0 Å². The van der Waals surface area contributed by atoms with Crippen LogP contribution in [-0.4, -0.2) is 0 Å². The molecule has 0 fully saturated rings. The van der Waals surface area contributed by atoms with Gasteiger partial charge in [0.2, 0.25) is 0 Å². The summed E-state index contributed by atoms with van der Waals surface area (Å²) in [6.45, 7) is 0. The topological polar surface area (TPSA) is 0 Å². The molecule has 0 unspecified atom stereocenters. The van der Waals surface area contributed by atoms with Crippen LogP contribution in [0.5, 0.6) is 0 Å². The molecule has 0 nitrogen and oxygen atoms in total. The minimum Gasteiger partial charge on any atom is -0.147 e. The van der Waals surface area contributed by atoms with E-state index in [4.69, 9.17) is 0 Å². The van der Waals surface area contributed by atoms with Gasteiger partial charge in [-0.05, 0) is 19.3 Å². The molecule has 2 heteroatoms. The van der Waals surface area contributed by atoms with E-state index in [2.05, 4.69) is 72.9 Å². The summed E-state index contributed by atoms with van der Waals surface area (Å²) in [4.78, 5) is 0. The van der Waals surface area contributed by atoms with Crippen LogP contribution in [0.3, 0.4) is 0 Å². The van der Waals surface area contributed by atoms with Crippen molar-refractivity contribution in [2.24, 2.45) is 0 Å². The maximum Gasteiger partial charge on any atom is 0 e. The predicted molar refractivity (Wildman–Crippen MR) is 75.9 cm³/mol. The van der Waals surface area contributed by atoms with E-state index in [-0.39, 0.29) is 34.1 Å². The van der Waals surface area contributed by atoms with Crippen molar-refractivity contribution in [3.8, 4) is 0 Å². The van der Waals surface area contributed by atoms with E-state index in [1.54, 1.807) is 0 Å². The number of allylic oxidation sites excluding steroid dienone is 12. The van der Waals surface area contributed by atoms with Crippen molar-refractivity contribution in [2.45, 2.75) is 19.3 Å². The first-order valence-electron chi connectivity index (χ1n) is 5.45. The number of hydrogen-bond acceptors (Lipinski definition) is 0. The van der Waals surface area contributed by atoms with Gasteiger partial charge in [-0.25, -0.2) is 0 Å². The molecule has 0 amide bonds. The normalized spacial score (nSPS) is 15.5. The Morgan fingerprint density at radius 2 is 0.588 bits per heavy atom. The summed E-state index contributed by atoms with van der Waals surface area (Å²) in [6.07, 6.45) is 28.5. The second kappa shape index (κ2) is 15.4. The van der Waals surface area contributed by atoms with E-state index >= 15 is 0 Å².